The zero-order valence-corrected chi connectivity index (χ0v) is 13.7. The monoisotopic (exact) mass is 367 g/mol. The van der Waals surface area contributed by atoms with E-state index in [-0.39, 0.29) is 5.69 Å². The average Bonchev–Trinajstić information content (AvgIpc) is 2.50. The van der Waals surface area contributed by atoms with Crippen LogP contribution in [0.25, 0.3) is 0 Å². The van der Waals surface area contributed by atoms with Crippen molar-refractivity contribution in [1.29, 1.82) is 0 Å². The van der Waals surface area contributed by atoms with E-state index in [2.05, 4.69) is 21.2 Å². The lowest BCUT2D eigenvalue weighted by molar-refractivity contribution is -0.122. The van der Waals surface area contributed by atoms with Crippen molar-refractivity contribution in [2.45, 2.75) is 13.0 Å². The van der Waals surface area contributed by atoms with Gasteiger partial charge >= 0.3 is 0 Å². The third kappa shape index (κ3) is 4.21. The van der Waals surface area contributed by atoms with Crippen molar-refractivity contribution in [1.82, 2.24) is 0 Å². The second kappa shape index (κ2) is 7.26. The summed E-state index contributed by atoms with van der Waals surface area (Å²) in [5, 5.41) is 2.50. The summed E-state index contributed by atoms with van der Waals surface area (Å²) >= 11 is 3.16. The molecule has 1 N–H and O–H groups in total. The predicted molar refractivity (Wildman–Crippen MR) is 85.8 cm³/mol. The molecule has 1 amide bonds. The second-order valence-electron chi connectivity index (χ2n) is 4.55. The van der Waals surface area contributed by atoms with Crippen LogP contribution in [0.1, 0.15) is 6.92 Å². The summed E-state index contributed by atoms with van der Waals surface area (Å²) in [4.78, 5) is 12.0. The third-order valence-corrected chi connectivity index (χ3v) is 3.42. The highest BCUT2D eigenvalue weighted by molar-refractivity contribution is 9.10. The normalized spacial score (nSPS) is 11.6. The van der Waals surface area contributed by atoms with Gasteiger partial charge in [0.25, 0.3) is 5.91 Å². The lowest BCUT2D eigenvalue weighted by atomic mass is 10.2. The Labute approximate surface area is 136 Å². The molecule has 2 rings (SSSR count). The first-order valence-electron chi connectivity index (χ1n) is 6.56. The second-order valence-corrected chi connectivity index (χ2v) is 5.46. The van der Waals surface area contributed by atoms with Crippen LogP contribution in [0.2, 0.25) is 0 Å². The summed E-state index contributed by atoms with van der Waals surface area (Å²) < 4.78 is 24.8. The fourth-order valence-corrected chi connectivity index (χ4v) is 2.07. The molecule has 0 spiro atoms. The molecule has 0 saturated heterocycles. The Morgan fingerprint density at radius 2 is 1.82 bits per heavy atom. The van der Waals surface area contributed by atoms with E-state index >= 15 is 0 Å². The molecule has 0 radical (unpaired) electrons. The molecule has 2 aromatic rings. The van der Waals surface area contributed by atoms with Crippen molar-refractivity contribution >= 4 is 27.5 Å². The molecule has 0 bridgehead atoms. The van der Waals surface area contributed by atoms with Crippen LogP contribution in [0.15, 0.2) is 46.9 Å². The van der Waals surface area contributed by atoms with Crippen LogP contribution < -0.4 is 14.8 Å². The highest BCUT2D eigenvalue weighted by Crippen LogP contribution is 2.21. The molecular formula is C16H15BrFNO3. The Morgan fingerprint density at radius 1 is 1.18 bits per heavy atom. The Morgan fingerprint density at radius 3 is 2.41 bits per heavy atom. The van der Waals surface area contributed by atoms with Crippen molar-refractivity contribution in [3.63, 3.8) is 0 Å². The number of amides is 1. The van der Waals surface area contributed by atoms with E-state index in [1.807, 2.05) is 0 Å². The number of halogens is 2. The molecule has 0 saturated carbocycles. The maximum absolute atomic E-state index is 13.7. The number of nitrogens with one attached hydrogen (secondary N) is 1. The number of carbonyl (C=O) groups excluding carboxylic acids is 1. The largest absolute Gasteiger partial charge is 0.497 e. The molecule has 0 aliphatic rings. The topological polar surface area (TPSA) is 47.6 Å². The maximum Gasteiger partial charge on any atom is 0.265 e. The summed E-state index contributed by atoms with van der Waals surface area (Å²) in [7, 11) is 1.57. The van der Waals surface area contributed by atoms with Gasteiger partial charge in [0, 0.05) is 4.47 Å². The summed E-state index contributed by atoms with van der Waals surface area (Å²) in [6.45, 7) is 1.59. The number of rotatable bonds is 5. The summed E-state index contributed by atoms with van der Waals surface area (Å²) in [5.74, 6) is 0.275. The predicted octanol–water partition coefficient (Wildman–Crippen LogP) is 4.00. The first-order valence-corrected chi connectivity index (χ1v) is 7.35. The van der Waals surface area contributed by atoms with Gasteiger partial charge in [0.15, 0.2) is 6.10 Å². The Hall–Kier alpha value is -2.08. The first-order chi connectivity index (χ1) is 10.5. The minimum Gasteiger partial charge on any atom is -0.497 e. The molecule has 0 aliphatic heterocycles. The summed E-state index contributed by atoms with van der Waals surface area (Å²) in [5.41, 5.74) is 0.110. The minimum absolute atomic E-state index is 0.110. The molecule has 2 aromatic carbocycles. The molecule has 22 heavy (non-hydrogen) atoms. The van der Waals surface area contributed by atoms with Crippen LogP contribution in [0.3, 0.4) is 0 Å². The Balaban J connectivity index is 1.99. The van der Waals surface area contributed by atoms with E-state index in [1.54, 1.807) is 44.4 Å². The SMILES string of the molecule is COc1ccc(O[C@H](C)C(=O)Nc2ccc(Br)cc2F)cc1. The molecule has 0 fully saturated rings. The van der Waals surface area contributed by atoms with E-state index < -0.39 is 17.8 Å². The molecule has 0 heterocycles. The highest BCUT2D eigenvalue weighted by atomic mass is 79.9. The fourth-order valence-electron chi connectivity index (χ4n) is 1.74. The number of methoxy groups -OCH3 is 1. The van der Waals surface area contributed by atoms with Crippen LogP contribution in [0.5, 0.6) is 11.5 Å². The van der Waals surface area contributed by atoms with Crippen LogP contribution in [0.4, 0.5) is 10.1 Å². The molecule has 0 aliphatic carbocycles. The van der Waals surface area contributed by atoms with Gasteiger partial charge < -0.3 is 14.8 Å². The average molecular weight is 368 g/mol. The van der Waals surface area contributed by atoms with E-state index in [4.69, 9.17) is 9.47 Å². The van der Waals surface area contributed by atoms with Crippen molar-refractivity contribution in [2.24, 2.45) is 0 Å². The molecular weight excluding hydrogens is 353 g/mol. The summed E-state index contributed by atoms with van der Waals surface area (Å²) in [6.07, 6.45) is -0.767. The van der Waals surface area contributed by atoms with Gasteiger partial charge in [-0.15, -0.1) is 0 Å². The number of hydrogen-bond acceptors (Lipinski definition) is 3. The molecule has 6 heteroatoms. The van der Waals surface area contributed by atoms with Gasteiger partial charge in [0.2, 0.25) is 0 Å². The molecule has 1 atom stereocenters. The van der Waals surface area contributed by atoms with Gasteiger partial charge in [0.1, 0.15) is 17.3 Å². The van der Waals surface area contributed by atoms with Gasteiger partial charge in [-0.1, -0.05) is 15.9 Å². The Bertz CT molecular complexity index is 661. The number of hydrogen-bond donors (Lipinski definition) is 1. The first kappa shape index (κ1) is 16.3. The van der Waals surface area contributed by atoms with Gasteiger partial charge in [-0.05, 0) is 49.4 Å². The number of benzene rings is 2. The number of anilines is 1. The quantitative estimate of drug-likeness (QED) is 0.868. The standard InChI is InChI=1S/C16H15BrFNO3/c1-10(22-13-6-4-12(21-2)5-7-13)16(20)19-15-8-3-11(17)9-14(15)18/h3-10H,1-2H3,(H,19,20)/t10-/m1/s1. The lowest BCUT2D eigenvalue weighted by Gasteiger charge is -2.15. The van der Waals surface area contributed by atoms with E-state index in [0.717, 1.165) is 0 Å². The van der Waals surface area contributed by atoms with Gasteiger partial charge in [-0.3, -0.25) is 4.79 Å². The van der Waals surface area contributed by atoms with Crippen LogP contribution in [-0.4, -0.2) is 19.1 Å². The highest BCUT2D eigenvalue weighted by Gasteiger charge is 2.16. The Kier molecular flexibility index (Phi) is 5.38. The maximum atomic E-state index is 13.7. The zero-order chi connectivity index (χ0) is 16.1. The van der Waals surface area contributed by atoms with Gasteiger partial charge in [0.05, 0.1) is 12.8 Å². The van der Waals surface area contributed by atoms with Crippen molar-refractivity contribution in [3.05, 3.63) is 52.8 Å². The van der Waals surface area contributed by atoms with Crippen LogP contribution in [0, 0.1) is 5.82 Å². The fraction of sp³-hybridized carbons (Fsp3) is 0.188. The third-order valence-electron chi connectivity index (χ3n) is 2.93. The van der Waals surface area contributed by atoms with Crippen molar-refractivity contribution in [3.8, 4) is 11.5 Å². The van der Waals surface area contributed by atoms with E-state index in [9.17, 15) is 9.18 Å². The van der Waals surface area contributed by atoms with E-state index in [0.29, 0.717) is 16.0 Å². The van der Waals surface area contributed by atoms with Gasteiger partial charge in [-0.2, -0.15) is 0 Å². The van der Waals surface area contributed by atoms with Crippen LogP contribution in [-0.2, 0) is 4.79 Å². The number of carbonyl (C=O) groups is 1. The number of ether oxygens (including phenoxy) is 2. The molecule has 116 valence electrons. The molecule has 0 aromatic heterocycles. The van der Waals surface area contributed by atoms with Gasteiger partial charge in [-0.25, -0.2) is 4.39 Å². The van der Waals surface area contributed by atoms with Crippen molar-refractivity contribution < 1.29 is 18.7 Å². The zero-order valence-electron chi connectivity index (χ0n) is 12.1. The van der Waals surface area contributed by atoms with Crippen LogP contribution >= 0.6 is 15.9 Å². The molecule has 0 unspecified atom stereocenters. The summed E-state index contributed by atoms with van der Waals surface area (Å²) in [6, 6.07) is 11.3. The smallest absolute Gasteiger partial charge is 0.265 e. The van der Waals surface area contributed by atoms with E-state index in [1.165, 1.54) is 12.1 Å². The molecule has 4 nitrogen and oxygen atoms in total. The lowest BCUT2D eigenvalue weighted by Crippen LogP contribution is -2.30. The minimum atomic E-state index is -0.767. The van der Waals surface area contributed by atoms with Crippen molar-refractivity contribution in [2.75, 3.05) is 12.4 Å².